The summed E-state index contributed by atoms with van der Waals surface area (Å²) in [5.41, 5.74) is 1.07. The molecule has 0 aliphatic carbocycles. The first kappa shape index (κ1) is 19.3. The van der Waals surface area contributed by atoms with E-state index in [2.05, 4.69) is 36.3 Å². The van der Waals surface area contributed by atoms with Crippen LogP contribution in [0.25, 0.3) is 5.69 Å². The predicted molar refractivity (Wildman–Crippen MR) is 112 cm³/mol. The molecule has 0 bridgehead atoms. The van der Waals surface area contributed by atoms with Gasteiger partial charge in [0.2, 0.25) is 0 Å². The van der Waals surface area contributed by atoms with Gasteiger partial charge < -0.3 is 5.32 Å². The lowest BCUT2D eigenvalue weighted by Gasteiger charge is -2.11. The van der Waals surface area contributed by atoms with Crippen molar-refractivity contribution in [1.29, 1.82) is 0 Å². The van der Waals surface area contributed by atoms with Gasteiger partial charge in [0.25, 0.3) is 5.91 Å². The maximum absolute atomic E-state index is 14.4. The molecular formula is C20H13BrFN5OS. The van der Waals surface area contributed by atoms with E-state index in [0.717, 1.165) is 14.4 Å². The molecule has 0 saturated carbocycles. The fraction of sp³-hybridized carbons (Fsp3) is 0. The molecule has 144 valence electrons. The summed E-state index contributed by atoms with van der Waals surface area (Å²) in [5, 5.41) is 7.41. The number of aromatic nitrogens is 4. The topological polar surface area (TPSA) is 72.7 Å². The lowest BCUT2D eigenvalue weighted by Crippen LogP contribution is -2.13. The molecule has 1 amide bonds. The van der Waals surface area contributed by atoms with Crippen molar-refractivity contribution in [3.63, 3.8) is 0 Å². The lowest BCUT2D eigenvalue weighted by atomic mass is 10.2. The van der Waals surface area contributed by atoms with Gasteiger partial charge in [0.05, 0.1) is 5.56 Å². The summed E-state index contributed by atoms with van der Waals surface area (Å²) in [7, 11) is 0. The van der Waals surface area contributed by atoms with Crippen LogP contribution >= 0.6 is 27.7 Å². The van der Waals surface area contributed by atoms with Crippen LogP contribution in [0.2, 0.25) is 0 Å². The van der Waals surface area contributed by atoms with E-state index in [-0.39, 0.29) is 11.6 Å². The average molecular weight is 470 g/mol. The van der Waals surface area contributed by atoms with E-state index < -0.39 is 5.82 Å². The summed E-state index contributed by atoms with van der Waals surface area (Å²) in [6, 6.07) is 15.3. The summed E-state index contributed by atoms with van der Waals surface area (Å²) >= 11 is 4.73. The summed E-state index contributed by atoms with van der Waals surface area (Å²) in [6.45, 7) is 0. The Bertz CT molecular complexity index is 1150. The molecule has 1 N–H and O–H groups in total. The van der Waals surface area contributed by atoms with Crippen molar-refractivity contribution in [3.05, 3.63) is 89.3 Å². The standard InChI is InChI=1S/C20H13BrFN5OS/c21-13-5-8-19(24-10-13)29-18-4-2-1-3-15(18)20(28)26-14-6-7-17(16(22)9-14)27-12-23-11-25-27/h1-12H,(H,26,28). The first-order valence-corrected chi connectivity index (χ1v) is 10.1. The van der Waals surface area contributed by atoms with Crippen LogP contribution in [0.5, 0.6) is 0 Å². The number of amides is 1. The highest BCUT2D eigenvalue weighted by atomic mass is 79.9. The fourth-order valence-electron chi connectivity index (χ4n) is 2.58. The van der Waals surface area contributed by atoms with Gasteiger partial charge >= 0.3 is 0 Å². The van der Waals surface area contributed by atoms with E-state index in [4.69, 9.17) is 0 Å². The Kier molecular flexibility index (Phi) is 5.68. The quantitative estimate of drug-likeness (QED) is 0.446. The van der Waals surface area contributed by atoms with E-state index in [1.54, 1.807) is 24.4 Å². The SMILES string of the molecule is O=C(Nc1ccc(-n2cncn2)c(F)c1)c1ccccc1Sc1ccc(Br)cn1. The predicted octanol–water partition coefficient (Wildman–Crippen LogP) is 4.97. The number of rotatable bonds is 5. The molecule has 29 heavy (non-hydrogen) atoms. The highest BCUT2D eigenvalue weighted by Crippen LogP contribution is 2.30. The van der Waals surface area contributed by atoms with Crippen LogP contribution in [0.3, 0.4) is 0 Å². The molecule has 6 nitrogen and oxygen atoms in total. The molecule has 0 aliphatic heterocycles. The first-order chi connectivity index (χ1) is 14.1. The summed E-state index contributed by atoms with van der Waals surface area (Å²) < 4.78 is 16.6. The van der Waals surface area contributed by atoms with Gasteiger partial charge in [0, 0.05) is 21.3 Å². The number of carbonyl (C=O) groups excluding carboxylic acids is 1. The van der Waals surface area contributed by atoms with Crippen LogP contribution in [-0.2, 0) is 0 Å². The van der Waals surface area contributed by atoms with Crippen molar-refractivity contribution in [1.82, 2.24) is 19.7 Å². The van der Waals surface area contributed by atoms with Gasteiger partial charge in [-0.1, -0.05) is 23.9 Å². The average Bonchev–Trinajstić information content (AvgIpc) is 3.25. The van der Waals surface area contributed by atoms with E-state index in [9.17, 15) is 9.18 Å². The summed E-state index contributed by atoms with van der Waals surface area (Å²) in [5.74, 6) is -0.854. The lowest BCUT2D eigenvalue weighted by molar-refractivity contribution is 0.102. The normalized spacial score (nSPS) is 10.7. The molecule has 9 heteroatoms. The summed E-state index contributed by atoms with van der Waals surface area (Å²) in [4.78, 5) is 21.7. The van der Waals surface area contributed by atoms with Crippen LogP contribution in [-0.4, -0.2) is 25.7 Å². The maximum Gasteiger partial charge on any atom is 0.256 e. The first-order valence-electron chi connectivity index (χ1n) is 8.44. The molecule has 0 atom stereocenters. The number of benzene rings is 2. The van der Waals surface area contributed by atoms with Crippen LogP contribution in [0, 0.1) is 5.82 Å². The Morgan fingerprint density at radius 3 is 2.72 bits per heavy atom. The third-order valence-electron chi connectivity index (χ3n) is 3.92. The van der Waals surface area contributed by atoms with Gasteiger partial charge in [-0.15, -0.1) is 0 Å². The molecule has 0 unspecified atom stereocenters. The van der Waals surface area contributed by atoms with Crippen molar-refractivity contribution >= 4 is 39.3 Å². The Morgan fingerprint density at radius 2 is 2.00 bits per heavy atom. The van der Waals surface area contributed by atoms with Crippen molar-refractivity contribution in [2.24, 2.45) is 0 Å². The minimum Gasteiger partial charge on any atom is -0.322 e. The van der Waals surface area contributed by atoms with Crippen LogP contribution < -0.4 is 5.32 Å². The van der Waals surface area contributed by atoms with E-state index in [0.29, 0.717) is 11.3 Å². The summed E-state index contributed by atoms with van der Waals surface area (Å²) in [6.07, 6.45) is 4.43. The Hall–Kier alpha value is -3.04. The highest BCUT2D eigenvalue weighted by Gasteiger charge is 2.14. The Labute approximate surface area is 178 Å². The monoisotopic (exact) mass is 469 g/mol. The van der Waals surface area contributed by atoms with Gasteiger partial charge in [0.15, 0.2) is 5.82 Å². The van der Waals surface area contributed by atoms with E-state index >= 15 is 0 Å². The number of nitrogens with one attached hydrogen (secondary N) is 1. The van der Waals surface area contributed by atoms with Crippen molar-refractivity contribution in [3.8, 4) is 5.69 Å². The molecule has 0 spiro atoms. The Morgan fingerprint density at radius 1 is 1.14 bits per heavy atom. The minimum absolute atomic E-state index is 0.248. The molecule has 2 aromatic heterocycles. The number of anilines is 1. The minimum atomic E-state index is -0.518. The van der Waals surface area contributed by atoms with Gasteiger partial charge in [-0.2, -0.15) is 5.10 Å². The number of pyridine rings is 1. The number of hydrogen-bond donors (Lipinski definition) is 1. The number of nitrogens with zero attached hydrogens (tertiary/aromatic N) is 4. The van der Waals surface area contributed by atoms with Gasteiger partial charge in [-0.3, -0.25) is 4.79 Å². The maximum atomic E-state index is 14.4. The highest BCUT2D eigenvalue weighted by molar-refractivity contribution is 9.10. The van der Waals surface area contributed by atoms with Crippen LogP contribution in [0.1, 0.15) is 10.4 Å². The molecule has 2 aromatic carbocycles. The molecule has 0 fully saturated rings. The largest absolute Gasteiger partial charge is 0.322 e. The third kappa shape index (κ3) is 4.52. The number of halogens is 2. The number of carbonyl (C=O) groups is 1. The zero-order valence-electron chi connectivity index (χ0n) is 14.8. The number of hydrogen-bond acceptors (Lipinski definition) is 5. The Balaban J connectivity index is 1.54. The fourth-order valence-corrected chi connectivity index (χ4v) is 3.70. The third-order valence-corrected chi connectivity index (χ3v) is 5.41. The zero-order valence-corrected chi connectivity index (χ0v) is 17.2. The zero-order chi connectivity index (χ0) is 20.2. The second-order valence-corrected chi connectivity index (χ2v) is 7.85. The van der Waals surface area contributed by atoms with Crippen molar-refractivity contribution in [2.75, 3.05) is 5.32 Å². The van der Waals surface area contributed by atoms with Crippen molar-refractivity contribution < 1.29 is 9.18 Å². The van der Waals surface area contributed by atoms with Gasteiger partial charge in [-0.05, 0) is 58.4 Å². The second kappa shape index (κ2) is 8.54. The van der Waals surface area contributed by atoms with Gasteiger partial charge in [-0.25, -0.2) is 19.0 Å². The van der Waals surface area contributed by atoms with Crippen LogP contribution in [0.4, 0.5) is 10.1 Å². The van der Waals surface area contributed by atoms with E-state index in [1.807, 2.05) is 24.3 Å². The molecular weight excluding hydrogens is 457 g/mol. The second-order valence-electron chi connectivity index (χ2n) is 5.87. The van der Waals surface area contributed by atoms with Crippen LogP contribution in [0.15, 0.2) is 87.8 Å². The molecule has 0 radical (unpaired) electrons. The molecule has 4 rings (SSSR count). The molecule has 2 heterocycles. The molecule has 4 aromatic rings. The van der Waals surface area contributed by atoms with Crippen molar-refractivity contribution in [2.45, 2.75) is 9.92 Å². The van der Waals surface area contributed by atoms with Gasteiger partial charge in [0.1, 0.15) is 23.4 Å². The van der Waals surface area contributed by atoms with E-state index in [1.165, 1.54) is 41.2 Å². The molecule has 0 aliphatic rings. The molecule has 0 saturated heterocycles. The smallest absolute Gasteiger partial charge is 0.256 e.